The number of para-hydroxylation sites is 2. The van der Waals surface area contributed by atoms with Crippen molar-refractivity contribution in [3.8, 4) is 5.75 Å². The summed E-state index contributed by atoms with van der Waals surface area (Å²) in [5.41, 5.74) is 2.01. The van der Waals surface area contributed by atoms with Gasteiger partial charge in [-0.1, -0.05) is 30.7 Å². The van der Waals surface area contributed by atoms with Crippen LogP contribution in [-0.4, -0.2) is 50.8 Å². The van der Waals surface area contributed by atoms with Crippen LogP contribution in [0.3, 0.4) is 0 Å². The average Bonchev–Trinajstić information content (AvgIpc) is 2.81. The van der Waals surface area contributed by atoms with Crippen LogP contribution in [0, 0.1) is 13.8 Å². The predicted molar refractivity (Wildman–Crippen MR) is 127 cm³/mol. The number of methoxy groups -OCH3 is 1. The van der Waals surface area contributed by atoms with Gasteiger partial charge in [-0.15, -0.1) is 0 Å². The lowest BCUT2D eigenvalue weighted by atomic mass is 10.0. The van der Waals surface area contributed by atoms with Crippen molar-refractivity contribution in [2.45, 2.75) is 50.5 Å². The van der Waals surface area contributed by atoms with E-state index in [9.17, 15) is 18.0 Å². The van der Waals surface area contributed by atoms with E-state index in [0.29, 0.717) is 41.3 Å². The monoisotopic (exact) mass is 473 g/mol. The van der Waals surface area contributed by atoms with Crippen molar-refractivity contribution in [3.05, 3.63) is 53.6 Å². The highest BCUT2D eigenvalue weighted by Gasteiger charge is 2.34. The van der Waals surface area contributed by atoms with Crippen molar-refractivity contribution in [2.75, 3.05) is 25.5 Å². The molecule has 0 radical (unpaired) electrons. The molecule has 3 rings (SSSR count). The standard InChI is InChI=1S/C24H31N3O5S/c1-17-11-12-18(2)22(16-17)33(30,31)27-15-7-6-8-19(27)13-14-25-23(28)24(29)26-20-9-4-5-10-21(20)32-3/h4-5,9-12,16,19H,6-8,13-15H2,1-3H3,(H,25,28)(H,26,29). The molecule has 2 aromatic rings. The molecular formula is C24H31N3O5S. The Hall–Kier alpha value is -2.91. The first-order valence-corrected chi connectivity index (χ1v) is 12.5. The van der Waals surface area contributed by atoms with Crippen LogP contribution in [0.2, 0.25) is 0 Å². The molecule has 1 unspecified atom stereocenters. The Morgan fingerprint density at radius 1 is 1.09 bits per heavy atom. The molecule has 1 aliphatic rings. The molecule has 9 heteroatoms. The van der Waals surface area contributed by atoms with Gasteiger partial charge in [0.1, 0.15) is 5.75 Å². The Balaban J connectivity index is 1.62. The number of anilines is 1. The van der Waals surface area contributed by atoms with E-state index in [1.807, 2.05) is 19.1 Å². The molecule has 2 aromatic carbocycles. The summed E-state index contributed by atoms with van der Waals surface area (Å²) in [7, 11) is -2.17. The minimum atomic E-state index is -3.65. The van der Waals surface area contributed by atoms with E-state index in [-0.39, 0.29) is 12.6 Å². The summed E-state index contributed by atoms with van der Waals surface area (Å²) in [5.74, 6) is -1.13. The Morgan fingerprint density at radius 3 is 2.61 bits per heavy atom. The highest BCUT2D eigenvalue weighted by molar-refractivity contribution is 7.89. The molecule has 2 amide bonds. The Kier molecular flexibility index (Phi) is 8.10. The maximum absolute atomic E-state index is 13.4. The van der Waals surface area contributed by atoms with Gasteiger partial charge in [0.15, 0.2) is 0 Å². The first kappa shape index (κ1) is 24.7. The van der Waals surface area contributed by atoms with Crippen LogP contribution in [0.25, 0.3) is 0 Å². The van der Waals surface area contributed by atoms with E-state index in [2.05, 4.69) is 10.6 Å². The topological polar surface area (TPSA) is 105 Å². The molecule has 1 fully saturated rings. The number of benzene rings is 2. The van der Waals surface area contributed by atoms with E-state index in [4.69, 9.17) is 4.74 Å². The van der Waals surface area contributed by atoms with E-state index in [0.717, 1.165) is 18.4 Å². The molecule has 1 aliphatic heterocycles. The zero-order chi connectivity index (χ0) is 24.0. The van der Waals surface area contributed by atoms with Crippen LogP contribution in [0.15, 0.2) is 47.4 Å². The smallest absolute Gasteiger partial charge is 0.313 e. The van der Waals surface area contributed by atoms with Crippen LogP contribution < -0.4 is 15.4 Å². The van der Waals surface area contributed by atoms with Gasteiger partial charge >= 0.3 is 11.8 Å². The molecule has 1 atom stereocenters. The predicted octanol–water partition coefficient (Wildman–Crippen LogP) is 3.00. The van der Waals surface area contributed by atoms with E-state index in [1.54, 1.807) is 41.6 Å². The molecule has 1 heterocycles. The number of nitrogens with one attached hydrogen (secondary N) is 2. The number of aryl methyl sites for hydroxylation is 2. The molecule has 2 N–H and O–H groups in total. The summed E-state index contributed by atoms with van der Waals surface area (Å²) in [5, 5.41) is 5.14. The number of ether oxygens (including phenoxy) is 1. The van der Waals surface area contributed by atoms with Gasteiger partial charge in [-0.25, -0.2) is 8.42 Å². The fraction of sp³-hybridized carbons (Fsp3) is 0.417. The summed E-state index contributed by atoms with van der Waals surface area (Å²) < 4.78 is 33.5. The minimum absolute atomic E-state index is 0.196. The molecule has 0 spiro atoms. The number of amides is 2. The van der Waals surface area contributed by atoms with Gasteiger partial charge < -0.3 is 15.4 Å². The third-order valence-corrected chi connectivity index (χ3v) is 7.92. The number of rotatable bonds is 7. The molecule has 178 valence electrons. The highest BCUT2D eigenvalue weighted by atomic mass is 32.2. The van der Waals surface area contributed by atoms with Gasteiger partial charge in [0.05, 0.1) is 17.7 Å². The van der Waals surface area contributed by atoms with Gasteiger partial charge in [-0.2, -0.15) is 4.31 Å². The van der Waals surface area contributed by atoms with E-state index >= 15 is 0 Å². The van der Waals surface area contributed by atoms with Crippen LogP contribution in [0.4, 0.5) is 5.69 Å². The van der Waals surface area contributed by atoms with Gasteiger partial charge in [0, 0.05) is 19.1 Å². The van der Waals surface area contributed by atoms with Crippen LogP contribution in [-0.2, 0) is 19.6 Å². The number of carbonyl (C=O) groups is 2. The molecule has 0 bridgehead atoms. The normalized spacial score (nSPS) is 16.8. The third-order valence-electron chi connectivity index (χ3n) is 5.83. The SMILES string of the molecule is COc1ccccc1NC(=O)C(=O)NCCC1CCCCN1S(=O)(=O)c1cc(C)ccc1C. The van der Waals surface area contributed by atoms with Crippen molar-refractivity contribution in [1.82, 2.24) is 9.62 Å². The zero-order valence-electron chi connectivity index (χ0n) is 19.3. The second-order valence-electron chi connectivity index (χ2n) is 8.23. The van der Waals surface area contributed by atoms with Crippen LogP contribution in [0.1, 0.15) is 36.8 Å². The van der Waals surface area contributed by atoms with Crippen molar-refractivity contribution in [3.63, 3.8) is 0 Å². The summed E-state index contributed by atoms with van der Waals surface area (Å²) in [4.78, 5) is 24.9. The average molecular weight is 474 g/mol. The van der Waals surface area contributed by atoms with Crippen molar-refractivity contribution >= 4 is 27.5 Å². The molecule has 0 saturated carbocycles. The number of hydrogen-bond acceptors (Lipinski definition) is 5. The first-order valence-electron chi connectivity index (χ1n) is 11.1. The van der Waals surface area contributed by atoms with E-state index in [1.165, 1.54) is 7.11 Å². The molecule has 33 heavy (non-hydrogen) atoms. The lowest BCUT2D eigenvalue weighted by Gasteiger charge is -2.35. The van der Waals surface area contributed by atoms with Gasteiger partial charge in [0.2, 0.25) is 10.0 Å². The fourth-order valence-corrected chi connectivity index (χ4v) is 6.09. The molecule has 8 nitrogen and oxygen atoms in total. The van der Waals surface area contributed by atoms with Crippen LogP contribution in [0.5, 0.6) is 5.75 Å². The first-order chi connectivity index (χ1) is 15.7. The fourth-order valence-electron chi connectivity index (χ4n) is 4.05. The summed E-state index contributed by atoms with van der Waals surface area (Å²) in [6, 6.07) is 12.0. The number of carbonyl (C=O) groups excluding carboxylic acids is 2. The maximum Gasteiger partial charge on any atom is 0.313 e. The van der Waals surface area contributed by atoms with Crippen molar-refractivity contribution in [2.24, 2.45) is 0 Å². The number of nitrogens with zero attached hydrogens (tertiary/aromatic N) is 1. The van der Waals surface area contributed by atoms with E-state index < -0.39 is 21.8 Å². The Morgan fingerprint density at radius 2 is 1.85 bits per heavy atom. The molecule has 0 aromatic heterocycles. The van der Waals surface area contributed by atoms with Gasteiger partial charge in [0.25, 0.3) is 0 Å². The minimum Gasteiger partial charge on any atom is -0.495 e. The Labute approximate surface area is 195 Å². The quantitative estimate of drug-likeness (QED) is 0.602. The molecule has 0 aliphatic carbocycles. The second kappa shape index (κ2) is 10.8. The highest BCUT2D eigenvalue weighted by Crippen LogP contribution is 2.29. The number of hydrogen-bond donors (Lipinski definition) is 2. The molecular weight excluding hydrogens is 442 g/mol. The van der Waals surface area contributed by atoms with Crippen LogP contribution >= 0.6 is 0 Å². The molecule has 1 saturated heterocycles. The van der Waals surface area contributed by atoms with Gasteiger partial charge in [-0.3, -0.25) is 9.59 Å². The lowest BCUT2D eigenvalue weighted by molar-refractivity contribution is -0.136. The summed E-state index contributed by atoms with van der Waals surface area (Å²) >= 11 is 0. The summed E-state index contributed by atoms with van der Waals surface area (Å²) in [6.07, 6.45) is 2.87. The van der Waals surface area contributed by atoms with Gasteiger partial charge in [-0.05, 0) is 62.4 Å². The number of sulfonamides is 1. The Bertz CT molecular complexity index is 1120. The van der Waals surface area contributed by atoms with Crippen molar-refractivity contribution in [1.29, 1.82) is 0 Å². The zero-order valence-corrected chi connectivity index (χ0v) is 20.1. The maximum atomic E-state index is 13.4. The summed E-state index contributed by atoms with van der Waals surface area (Å²) in [6.45, 7) is 4.31. The lowest BCUT2D eigenvalue weighted by Crippen LogP contribution is -2.46. The van der Waals surface area contributed by atoms with Crippen molar-refractivity contribution < 1.29 is 22.7 Å². The third kappa shape index (κ3) is 5.91. The largest absolute Gasteiger partial charge is 0.495 e. The number of piperidine rings is 1. The second-order valence-corrected chi connectivity index (χ2v) is 10.1.